The fourth-order valence-corrected chi connectivity index (χ4v) is 3.17. The molecule has 2 heterocycles. The number of benzene rings is 3. The Morgan fingerprint density at radius 2 is 1.58 bits per heavy atom. The second-order valence-corrected chi connectivity index (χ2v) is 6.56. The number of aromatic nitrogens is 5. The van der Waals surface area contributed by atoms with Crippen LogP contribution in [0.15, 0.2) is 77.3 Å². The molecule has 6 nitrogen and oxygen atoms in total. The predicted molar refractivity (Wildman–Crippen MR) is 105 cm³/mol. The van der Waals surface area contributed by atoms with E-state index in [0.29, 0.717) is 11.3 Å². The Balaban J connectivity index is 1.68. The van der Waals surface area contributed by atoms with Gasteiger partial charge in [0.2, 0.25) is 5.82 Å². The van der Waals surface area contributed by atoms with Gasteiger partial charge in [0.15, 0.2) is 5.69 Å². The van der Waals surface area contributed by atoms with Crippen LogP contribution in [0.2, 0.25) is 0 Å². The van der Waals surface area contributed by atoms with E-state index in [1.54, 1.807) is 42.5 Å². The minimum atomic E-state index is -0.702. The summed E-state index contributed by atoms with van der Waals surface area (Å²) in [5.74, 6) is -2.05. The lowest BCUT2D eigenvalue weighted by atomic mass is 10.1. The zero-order valence-corrected chi connectivity index (χ0v) is 15.7. The summed E-state index contributed by atoms with van der Waals surface area (Å²) in [6.45, 7) is 0. The van der Waals surface area contributed by atoms with Crippen LogP contribution in [0.4, 0.5) is 13.2 Å². The van der Waals surface area contributed by atoms with Crippen molar-refractivity contribution in [3.05, 3.63) is 90.2 Å². The largest absolute Gasteiger partial charge is 0.332 e. The maximum Gasteiger partial charge on any atom is 0.281 e. The van der Waals surface area contributed by atoms with Crippen LogP contribution in [-0.2, 0) is 0 Å². The molecule has 2 aromatic heterocycles. The van der Waals surface area contributed by atoms with Gasteiger partial charge in [0.05, 0.1) is 5.56 Å². The van der Waals surface area contributed by atoms with E-state index in [1.165, 1.54) is 10.7 Å². The first kappa shape index (κ1) is 18.7. The van der Waals surface area contributed by atoms with Gasteiger partial charge in [-0.05, 0) is 30.3 Å². The lowest BCUT2D eigenvalue weighted by molar-refractivity contribution is 0.430. The molecular formula is C22H12F3N5O. The van der Waals surface area contributed by atoms with Crippen LogP contribution < -0.4 is 0 Å². The Labute approximate surface area is 173 Å². The summed E-state index contributed by atoms with van der Waals surface area (Å²) in [7, 11) is 0. The Morgan fingerprint density at radius 1 is 0.806 bits per heavy atom. The first-order chi connectivity index (χ1) is 15.1. The van der Waals surface area contributed by atoms with Crippen molar-refractivity contribution in [2.75, 3.05) is 0 Å². The van der Waals surface area contributed by atoms with Gasteiger partial charge in [0, 0.05) is 5.56 Å². The second kappa shape index (κ2) is 7.52. The summed E-state index contributed by atoms with van der Waals surface area (Å²) >= 11 is 0. The van der Waals surface area contributed by atoms with Gasteiger partial charge in [-0.1, -0.05) is 52.8 Å². The van der Waals surface area contributed by atoms with E-state index in [9.17, 15) is 13.2 Å². The minimum Gasteiger partial charge on any atom is -0.332 e. The molecule has 0 fully saturated rings. The van der Waals surface area contributed by atoms with Crippen LogP contribution in [0.1, 0.15) is 0 Å². The molecule has 0 saturated heterocycles. The topological polar surface area (TPSA) is 69.6 Å². The smallest absolute Gasteiger partial charge is 0.281 e. The van der Waals surface area contributed by atoms with Crippen LogP contribution in [0.25, 0.3) is 39.9 Å². The first-order valence-electron chi connectivity index (χ1n) is 9.17. The van der Waals surface area contributed by atoms with Crippen molar-refractivity contribution in [1.29, 1.82) is 0 Å². The maximum atomic E-state index is 14.5. The monoisotopic (exact) mass is 419 g/mol. The molecule has 0 aliphatic carbocycles. The van der Waals surface area contributed by atoms with E-state index in [2.05, 4.69) is 20.5 Å². The Hall–Kier alpha value is -4.27. The van der Waals surface area contributed by atoms with Crippen molar-refractivity contribution in [3.63, 3.8) is 0 Å². The Bertz CT molecular complexity index is 1380. The molecule has 0 saturated carbocycles. The molecule has 0 radical (unpaired) electrons. The standard InChI is InChI=1S/C22H12F3N5O/c23-14-10-11-16(24)15(12-14)21-26-22(31-28-21)19-20(13-6-2-1-3-7-13)30(29-27-19)18-9-5-4-8-17(18)25/h1-12H. The fourth-order valence-electron chi connectivity index (χ4n) is 3.17. The van der Waals surface area contributed by atoms with Crippen molar-refractivity contribution in [1.82, 2.24) is 25.1 Å². The summed E-state index contributed by atoms with van der Waals surface area (Å²) in [6.07, 6.45) is 0. The van der Waals surface area contributed by atoms with Gasteiger partial charge < -0.3 is 4.52 Å². The highest BCUT2D eigenvalue weighted by Crippen LogP contribution is 2.33. The lowest BCUT2D eigenvalue weighted by Gasteiger charge is -2.08. The number of hydrogen-bond donors (Lipinski definition) is 0. The predicted octanol–water partition coefficient (Wildman–Crippen LogP) is 5.07. The van der Waals surface area contributed by atoms with E-state index in [-0.39, 0.29) is 28.7 Å². The second-order valence-electron chi connectivity index (χ2n) is 6.56. The quantitative estimate of drug-likeness (QED) is 0.407. The van der Waals surface area contributed by atoms with Gasteiger partial charge in [0.25, 0.3) is 5.89 Å². The molecule has 0 amide bonds. The zero-order valence-electron chi connectivity index (χ0n) is 15.7. The summed E-state index contributed by atoms with van der Waals surface area (Å²) in [4.78, 5) is 4.17. The van der Waals surface area contributed by atoms with Crippen molar-refractivity contribution in [2.24, 2.45) is 0 Å². The maximum absolute atomic E-state index is 14.5. The molecule has 0 atom stereocenters. The van der Waals surface area contributed by atoms with Crippen molar-refractivity contribution >= 4 is 0 Å². The van der Waals surface area contributed by atoms with Gasteiger partial charge in [-0.15, -0.1) is 5.10 Å². The van der Waals surface area contributed by atoms with Gasteiger partial charge in [-0.25, -0.2) is 17.9 Å². The van der Waals surface area contributed by atoms with Gasteiger partial charge >= 0.3 is 0 Å². The summed E-state index contributed by atoms with van der Waals surface area (Å²) in [6, 6.07) is 18.1. The van der Waals surface area contributed by atoms with Gasteiger partial charge in [0.1, 0.15) is 28.8 Å². The van der Waals surface area contributed by atoms with Gasteiger partial charge in [-0.2, -0.15) is 4.98 Å². The van der Waals surface area contributed by atoms with E-state index in [1.807, 2.05) is 6.07 Å². The van der Waals surface area contributed by atoms with Gasteiger partial charge in [-0.3, -0.25) is 0 Å². The molecule has 0 N–H and O–H groups in total. The first-order valence-corrected chi connectivity index (χ1v) is 9.17. The molecule has 9 heteroatoms. The number of rotatable bonds is 4. The average molecular weight is 419 g/mol. The summed E-state index contributed by atoms with van der Waals surface area (Å²) < 4.78 is 48.8. The van der Waals surface area contributed by atoms with Crippen molar-refractivity contribution in [2.45, 2.75) is 0 Å². The Kier molecular flexibility index (Phi) is 4.55. The molecule has 31 heavy (non-hydrogen) atoms. The molecule has 0 aliphatic heterocycles. The molecule has 0 aliphatic rings. The normalized spacial score (nSPS) is 11.1. The van der Waals surface area contributed by atoms with E-state index in [4.69, 9.17) is 4.52 Å². The highest BCUT2D eigenvalue weighted by molar-refractivity contribution is 5.76. The molecule has 5 aromatic rings. The number of nitrogens with zero attached hydrogens (tertiary/aromatic N) is 5. The van der Waals surface area contributed by atoms with Crippen molar-refractivity contribution in [3.8, 4) is 39.9 Å². The van der Waals surface area contributed by atoms with E-state index >= 15 is 0 Å². The number of halogens is 3. The summed E-state index contributed by atoms with van der Waals surface area (Å²) in [5, 5.41) is 11.9. The molecule has 0 bridgehead atoms. The van der Waals surface area contributed by atoms with Crippen LogP contribution in [0.3, 0.4) is 0 Å². The van der Waals surface area contributed by atoms with Crippen LogP contribution >= 0.6 is 0 Å². The summed E-state index contributed by atoms with van der Waals surface area (Å²) in [5.41, 5.74) is 1.27. The van der Waals surface area contributed by atoms with Crippen molar-refractivity contribution < 1.29 is 17.7 Å². The van der Waals surface area contributed by atoms with E-state index < -0.39 is 17.5 Å². The van der Waals surface area contributed by atoms with Crippen LogP contribution in [0.5, 0.6) is 0 Å². The number of para-hydroxylation sites is 1. The molecular weight excluding hydrogens is 407 g/mol. The minimum absolute atomic E-state index is 0.0693. The average Bonchev–Trinajstić information content (AvgIpc) is 3.44. The number of hydrogen-bond acceptors (Lipinski definition) is 5. The Morgan fingerprint density at radius 3 is 2.39 bits per heavy atom. The fraction of sp³-hybridized carbons (Fsp3) is 0. The van der Waals surface area contributed by atoms with Crippen LogP contribution in [0, 0.1) is 17.5 Å². The molecule has 0 unspecified atom stereocenters. The SMILES string of the molecule is Fc1ccc(F)c(-c2noc(-c3nnn(-c4ccccc4F)c3-c3ccccc3)n2)c1. The highest BCUT2D eigenvalue weighted by Gasteiger charge is 2.24. The zero-order chi connectivity index (χ0) is 21.4. The van der Waals surface area contributed by atoms with E-state index in [0.717, 1.165) is 18.2 Å². The molecule has 5 rings (SSSR count). The third kappa shape index (κ3) is 3.35. The molecule has 3 aromatic carbocycles. The third-order valence-electron chi connectivity index (χ3n) is 4.60. The third-order valence-corrected chi connectivity index (χ3v) is 4.60. The highest BCUT2D eigenvalue weighted by atomic mass is 19.1. The molecule has 0 spiro atoms. The molecule has 152 valence electrons. The lowest BCUT2D eigenvalue weighted by Crippen LogP contribution is -2.02. The van der Waals surface area contributed by atoms with Crippen LogP contribution in [-0.4, -0.2) is 25.1 Å².